The van der Waals surface area contributed by atoms with E-state index in [-0.39, 0.29) is 23.3 Å². The molecule has 7 heteroatoms. The molecule has 1 heterocycles. The maximum Gasteiger partial charge on any atom is 0.387 e. The fourth-order valence-electron chi connectivity index (χ4n) is 1.96. The van der Waals surface area contributed by atoms with Gasteiger partial charge in [0.1, 0.15) is 11.6 Å². The summed E-state index contributed by atoms with van der Waals surface area (Å²) in [6.07, 6.45) is 1.46. The van der Waals surface area contributed by atoms with E-state index < -0.39 is 12.4 Å². The van der Waals surface area contributed by atoms with Crippen LogP contribution in [0.4, 0.5) is 18.9 Å². The van der Waals surface area contributed by atoms with E-state index in [4.69, 9.17) is 4.74 Å². The Kier molecular flexibility index (Phi) is 4.84. The van der Waals surface area contributed by atoms with Gasteiger partial charge in [0, 0.05) is 12.7 Å². The van der Waals surface area contributed by atoms with Crippen LogP contribution in [0.1, 0.15) is 12.8 Å². The molecule has 0 bridgehead atoms. The van der Waals surface area contributed by atoms with E-state index in [9.17, 15) is 18.0 Å². The molecule has 0 aromatic heterocycles. The Morgan fingerprint density at radius 2 is 2.25 bits per heavy atom. The van der Waals surface area contributed by atoms with E-state index in [0.29, 0.717) is 19.6 Å². The summed E-state index contributed by atoms with van der Waals surface area (Å²) in [6, 6.07) is 3.16. The Morgan fingerprint density at radius 3 is 2.85 bits per heavy atom. The topological polar surface area (TPSA) is 47.6 Å². The second kappa shape index (κ2) is 6.60. The van der Waals surface area contributed by atoms with Gasteiger partial charge in [-0.3, -0.25) is 4.79 Å². The Balaban J connectivity index is 2.00. The zero-order chi connectivity index (χ0) is 14.5. The fraction of sp³-hybridized carbons (Fsp3) is 0.462. The summed E-state index contributed by atoms with van der Waals surface area (Å²) in [6.45, 7) is -2.09. The van der Waals surface area contributed by atoms with Gasteiger partial charge in [-0.2, -0.15) is 8.78 Å². The molecular weight excluding hydrogens is 275 g/mol. The van der Waals surface area contributed by atoms with Gasteiger partial charge >= 0.3 is 6.61 Å². The molecule has 1 aromatic rings. The highest BCUT2D eigenvalue weighted by atomic mass is 19.3. The van der Waals surface area contributed by atoms with E-state index >= 15 is 0 Å². The maximum atomic E-state index is 13.7. The number of nitrogens with one attached hydrogen (secondary N) is 1. The lowest BCUT2D eigenvalue weighted by atomic mass is 10.0. The summed E-state index contributed by atoms with van der Waals surface area (Å²) in [5, 5.41) is 2.42. The van der Waals surface area contributed by atoms with E-state index in [0.717, 1.165) is 12.5 Å². The third-order valence-electron chi connectivity index (χ3n) is 2.95. The van der Waals surface area contributed by atoms with Crippen molar-refractivity contribution in [1.82, 2.24) is 0 Å². The molecule has 2 rings (SSSR count). The van der Waals surface area contributed by atoms with E-state index in [1.807, 2.05) is 0 Å². The highest BCUT2D eigenvalue weighted by Crippen LogP contribution is 2.23. The first-order valence-electron chi connectivity index (χ1n) is 6.19. The van der Waals surface area contributed by atoms with Crippen LogP contribution in [0.15, 0.2) is 18.2 Å². The lowest BCUT2D eigenvalue weighted by molar-refractivity contribution is -0.123. The van der Waals surface area contributed by atoms with Crippen molar-refractivity contribution >= 4 is 11.6 Å². The van der Waals surface area contributed by atoms with Crippen LogP contribution < -0.4 is 10.1 Å². The number of hydrogen-bond acceptors (Lipinski definition) is 3. The molecule has 1 aliphatic rings. The van der Waals surface area contributed by atoms with Crippen LogP contribution in [0.25, 0.3) is 0 Å². The molecule has 4 nitrogen and oxygen atoms in total. The zero-order valence-corrected chi connectivity index (χ0v) is 10.6. The number of hydrogen-bond donors (Lipinski definition) is 1. The van der Waals surface area contributed by atoms with Crippen LogP contribution in [0.3, 0.4) is 0 Å². The van der Waals surface area contributed by atoms with Crippen LogP contribution in [0.2, 0.25) is 0 Å². The van der Waals surface area contributed by atoms with Crippen molar-refractivity contribution in [2.45, 2.75) is 19.5 Å². The van der Waals surface area contributed by atoms with Crippen molar-refractivity contribution in [2.75, 3.05) is 18.5 Å². The third kappa shape index (κ3) is 3.86. The minimum Gasteiger partial charge on any atom is -0.435 e. The molecule has 20 heavy (non-hydrogen) atoms. The number of ether oxygens (including phenoxy) is 2. The lowest BCUT2D eigenvalue weighted by Crippen LogP contribution is -2.30. The van der Waals surface area contributed by atoms with Crippen LogP contribution in [0, 0.1) is 11.7 Å². The van der Waals surface area contributed by atoms with Crippen LogP contribution in [-0.2, 0) is 9.53 Å². The van der Waals surface area contributed by atoms with Gasteiger partial charge in [0.15, 0.2) is 0 Å². The van der Waals surface area contributed by atoms with Gasteiger partial charge in [-0.1, -0.05) is 0 Å². The summed E-state index contributed by atoms with van der Waals surface area (Å²) >= 11 is 0. The van der Waals surface area contributed by atoms with Gasteiger partial charge in [-0.15, -0.1) is 0 Å². The van der Waals surface area contributed by atoms with Crippen molar-refractivity contribution in [1.29, 1.82) is 0 Å². The second-order valence-electron chi connectivity index (χ2n) is 4.42. The Bertz CT molecular complexity index is 476. The molecule has 1 aromatic carbocycles. The van der Waals surface area contributed by atoms with Crippen LogP contribution >= 0.6 is 0 Å². The fourth-order valence-corrected chi connectivity index (χ4v) is 1.96. The predicted molar refractivity (Wildman–Crippen MR) is 65.2 cm³/mol. The maximum absolute atomic E-state index is 13.7. The minimum absolute atomic E-state index is 0.0674. The molecule has 1 fully saturated rings. The summed E-state index contributed by atoms with van der Waals surface area (Å²) in [4.78, 5) is 11.9. The second-order valence-corrected chi connectivity index (χ2v) is 4.42. The molecule has 0 radical (unpaired) electrons. The van der Waals surface area contributed by atoms with Crippen molar-refractivity contribution in [3.63, 3.8) is 0 Å². The third-order valence-corrected chi connectivity index (χ3v) is 2.95. The molecular formula is C13H14F3NO3. The SMILES string of the molecule is O=C(Nc1ccc(OC(F)F)cc1F)[C@H]1CCCOC1. The van der Waals surface area contributed by atoms with E-state index in [1.54, 1.807) is 0 Å². The average molecular weight is 289 g/mol. The Hall–Kier alpha value is -1.76. The largest absolute Gasteiger partial charge is 0.435 e. The highest BCUT2D eigenvalue weighted by Gasteiger charge is 2.22. The molecule has 1 amide bonds. The minimum atomic E-state index is -3.02. The monoisotopic (exact) mass is 289 g/mol. The number of halogens is 3. The number of amides is 1. The predicted octanol–water partition coefficient (Wildman–Crippen LogP) is 2.79. The lowest BCUT2D eigenvalue weighted by Gasteiger charge is -2.21. The van der Waals surface area contributed by atoms with E-state index in [2.05, 4.69) is 10.1 Å². The van der Waals surface area contributed by atoms with Gasteiger partial charge in [-0.25, -0.2) is 4.39 Å². The molecule has 0 saturated carbocycles. The van der Waals surface area contributed by atoms with Crippen molar-refractivity contribution in [3.8, 4) is 5.75 Å². The van der Waals surface area contributed by atoms with Gasteiger partial charge in [0.05, 0.1) is 18.2 Å². The first-order chi connectivity index (χ1) is 9.56. The van der Waals surface area contributed by atoms with E-state index in [1.165, 1.54) is 12.1 Å². The molecule has 1 atom stereocenters. The summed E-state index contributed by atoms with van der Waals surface area (Å²) in [7, 11) is 0. The average Bonchev–Trinajstić information content (AvgIpc) is 2.42. The Labute approximate surface area is 113 Å². The van der Waals surface area contributed by atoms with Crippen molar-refractivity contribution in [3.05, 3.63) is 24.0 Å². The van der Waals surface area contributed by atoms with Crippen molar-refractivity contribution < 1.29 is 27.4 Å². The first-order valence-corrected chi connectivity index (χ1v) is 6.19. The van der Waals surface area contributed by atoms with Crippen molar-refractivity contribution in [2.24, 2.45) is 5.92 Å². The summed E-state index contributed by atoms with van der Waals surface area (Å²) in [5.74, 6) is -1.78. The summed E-state index contributed by atoms with van der Waals surface area (Å²) < 4.78 is 46.9. The number of rotatable bonds is 4. The molecule has 1 aliphatic heterocycles. The number of alkyl halides is 2. The number of benzene rings is 1. The van der Waals surface area contributed by atoms with Gasteiger partial charge in [0.25, 0.3) is 0 Å². The van der Waals surface area contributed by atoms with Gasteiger partial charge in [-0.05, 0) is 25.0 Å². The zero-order valence-electron chi connectivity index (χ0n) is 10.6. The molecule has 0 spiro atoms. The molecule has 1 saturated heterocycles. The number of carbonyl (C=O) groups is 1. The van der Waals surface area contributed by atoms with Crippen LogP contribution in [0.5, 0.6) is 5.75 Å². The standard InChI is InChI=1S/C13H14F3NO3/c14-10-6-9(20-13(15)16)3-4-11(10)17-12(18)8-2-1-5-19-7-8/h3-4,6,8,13H,1-2,5,7H2,(H,17,18)/t8-/m0/s1. The molecule has 0 aliphatic carbocycles. The number of carbonyl (C=O) groups excluding carboxylic acids is 1. The van der Waals surface area contributed by atoms with Gasteiger partial charge < -0.3 is 14.8 Å². The van der Waals surface area contributed by atoms with Crippen LogP contribution in [-0.4, -0.2) is 25.7 Å². The molecule has 0 unspecified atom stereocenters. The first kappa shape index (κ1) is 14.6. The number of anilines is 1. The normalized spacial score (nSPS) is 18.9. The molecule has 1 N–H and O–H groups in total. The highest BCUT2D eigenvalue weighted by molar-refractivity contribution is 5.92. The Morgan fingerprint density at radius 1 is 1.45 bits per heavy atom. The van der Waals surface area contributed by atoms with Gasteiger partial charge in [0.2, 0.25) is 5.91 Å². The summed E-state index contributed by atoms with van der Waals surface area (Å²) in [5.41, 5.74) is -0.0674. The smallest absolute Gasteiger partial charge is 0.387 e. The quantitative estimate of drug-likeness (QED) is 0.927. The molecule has 110 valence electrons.